The minimum Gasteiger partial charge on any atom is -0.466 e. The maximum absolute atomic E-state index is 11.1. The summed E-state index contributed by atoms with van der Waals surface area (Å²) < 4.78 is 4.86. The standard InChI is InChI=1S/C13H27N3O2S.HI/c1-4-18-12(17)8-7-10-16-13(14-2)15-9-5-6-11-19-3;/h4-11H2,1-3H3,(H2,14,15,16);1H. The normalized spacial score (nSPS) is 10.7. The predicted octanol–water partition coefficient (Wildman–Crippen LogP) is 2.26. The Hall–Kier alpha value is -0.180. The second kappa shape index (κ2) is 16.9. The summed E-state index contributed by atoms with van der Waals surface area (Å²) in [6.45, 7) is 3.92. The maximum atomic E-state index is 11.1. The minimum absolute atomic E-state index is 0. The molecule has 0 unspecified atom stereocenters. The summed E-state index contributed by atoms with van der Waals surface area (Å²) in [7, 11) is 1.75. The van der Waals surface area contributed by atoms with Crippen LogP contribution < -0.4 is 10.6 Å². The summed E-state index contributed by atoms with van der Waals surface area (Å²) in [5.41, 5.74) is 0. The number of ether oxygens (including phenoxy) is 1. The molecule has 5 nitrogen and oxygen atoms in total. The zero-order valence-electron chi connectivity index (χ0n) is 12.7. The van der Waals surface area contributed by atoms with Gasteiger partial charge in [0.05, 0.1) is 6.61 Å². The van der Waals surface area contributed by atoms with Crippen LogP contribution in [0.2, 0.25) is 0 Å². The van der Waals surface area contributed by atoms with Crippen molar-refractivity contribution in [3.05, 3.63) is 0 Å². The first kappa shape index (κ1) is 22.1. The lowest BCUT2D eigenvalue weighted by molar-refractivity contribution is -0.143. The molecule has 0 aliphatic heterocycles. The van der Waals surface area contributed by atoms with Crippen LogP contribution in [0.1, 0.15) is 32.6 Å². The van der Waals surface area contributed by atoms with E-state index in [2.05, 4.69) is 21.9 Å². The van der Waals surface area contributed by atoms with E-state index in [4.69, 9.17) is 4.74 Å². The summed E-state index contributed by atoms with van der Waals surface area (Å²) in [6.07, 6.45) is 5.69. The van der Waals surface area contributed by atoms with Crippen LogP contribution in [0, 0.1) is 0 Å². The number of rotatable bonds is 10. The quantitative estimate of drug-likeness (QED) is 0.188. The largest absolute Gasteiger partial charge is 0.466 e. The molecule has 0 aliphatic rings. The van der Waals surface area contributed by atoms with Crippen molar-refractivity contribution in [2.24, 2.45) is 4.99 Å². The highest BCUT2D eigenvalue weighted by atomic mass is 127. The summed E-state index contributed by atoms with van der Waals surface area (Å²) in [5.74, 6) is 1.87. The molecule has 0 aliphatic carbocycles. The van der Waals surface area contributed by atoms with Crippen molar-refractivity contribution in [3.63, 3.8) is 0 Å². The molecule has 0 saturated heterocycles. The number of esters is 1. The van der Waals surface area contributed by atoms with Gasteiger partial charge in [0, 0.05) is 26.6 Å². The van der Waals surface area contributed by atoms with Crippen LogP contribution >= 0.6 is 35.7 Å². The van der Waals surface area contributed by atoms with E-state index in [1.54, 1.807) is 7.05 Å². The molecule has 0 saturated carbocycles. The van der Waals surface area contributed by atoms with Crippen molar-refractivity contribution >= 4 is 47.7 Å². The molecule has 0 radical (unpaired) electrons. The van der Waals surface area contributed by atoms with Gasteiger partial charge >= 0.3 is 5.97 Å². The van der Waals surface area contributed by atoms with Crippen LogP contribution in [0.25, 0.3) is 0 Å². The molecule has 0 spiro atoms. The Labute approximate surface area is 144 Å². The van der Waals surface area contributed by atoms with Gasteiger partial charge in [0.1, 0.15) is 0 Å². The molecular weight excluding hydrogens is 389 g/mol. The van der Waals surface area contributed by atoms with Crippen LogP contribution in [0.3, 0.4) is 0 Å². The smallest absolute Gasteiger partial charge is 0.305 e. The van der Waals surface area contributed by atoms with E-state index in [0.717, 1.165) is 31.9 Å². The van der Waals surface area contributed by atoms with Gasteiger partial charge in [-0.05, 0) is 38.2 Å². The Morgan fingerprint density at radius 2 is 1.85 bits per heavy atom. The topological polar surface area (TPSA) is 62.7 Å². The van der Waals surface area contributed by atoms with E-state index in [9.17, 15) is 4.79 Å². The molecular formula is C13H28IN3O2S. The molecule has 2 N–H and O–H groups in total. The Morgan fingerprint density at radius 3 is 2.40 bits per heavy atom. The van der Waals surface area contributed by atoms with Gasteiger partial charge in [0.25, 0.3) is 0 Å². The zero-order valence-corrected chi connectivity index (χ0v) is 15.9. The third-order valence-electron chi connectivity index (χ3n) is 2.45. The lowest BCUT2D eigenvalue weighted by Crippen LogP contribution is -2.38. The summed E-state index contributed by atoms with van der Waals surface area (Å²) in [4.78, 5) is 15.3. The average molecular weight is 417 g/mol. The third kappa shape index (κ3) is 14.2. The third-order valence-corrected chi connectivity index (χ3v) is 3.14. The van der Waals surface area contributed by atoms with E-state index >= 15 is 0 Å². The number of carbonyl (C=O) groups is 1. The van der Waals surface area contributed by atoms with Gasteiger partial charge in [-0.25, -0.2) is 0 Å². The van der Waals surface area contributed by atoms with Crippen LogP contribution in [-0.4, -0.2) is 50.7 Å². The lowest BCUT2D eigenvalue weighted by atomic mass is 10.3. The zero-order chi connectivity index (χ0) is 14.3. The highest BCUT2D eigenvalue weighted by Gasteiger charge is 2.01. The van der Waals surface area contributed by atoms with Gasteiger partial charge in [-0.1, -0.05) is 0 Å². The lowest BCUT2D eigenvalue weighted by Gasteiger charge is -2.11. The van der Waals surface area contributed by atoms with E-state index in [1.807, 2.05) is 18.7 Å². The Morgan fingerprint density at radius 1 is 1.20 bits per heavy atom. The summed E-state index contributed by atoms with van der Waals surface area (Å²) >= 11 is 1.87. The number of halogens is 1. The van der Waals surface area contributed by atoms with E-state index < -0.39 is 0 Å². The summed E-state index contributed by atoms with van der Waals surface area (Å²) in [5, 5.41) is 6.44. The fraction of sp³-hybridized carbons (Fsp3) is 0.846. The van der Waals surface area contributed by atoms with Gasteiger partial charge < -0.3 is 15.4 Å². The van der Waals surface area contributed by atoms with Crippen LogP contribution in [0.4, 0.5) is 0 Å². The van der Waals surface area contributed by atoms with Gasteiger partial charge in [-0.15, -0.1) is 24.0 Å². The number of guanidine groups is 1. The monoisotopic (exact) mass is 417 g/mol. The summed E-state index contributed by atoms with van der Waals surface area (Å²) in [6, 6.07) is 0. The molecule has 0 atom stereocenters. The first-order valence-electron chi connectivity index (χ1n) is 6.83. The van der Waals surface area contributed by atoms with E-state index in [-0.39, 0.29) is 29.9 Å². The number of carbonyl (C=O) groups excluding carboxylic acids is 1. The van der Waals surface area contributed by atoms with Crippen molar-refractivity contribution in [1.29, 1.82) is 0 Å². The number of unbranched alkanes of at least 4 members (excludes halogenated alkanes) is 1. The van der Waals surface area contributed by atoms with Crippen molar-refractivity contribution in [3.8, 4) is 0 Å². The molecule has 0 aromatic rings. The fourth-order valence-corrected chi connectivity index (χ4v) is 1.96. The number of hydrogen-bond acceptors (Lipinski definition) is 4. The highest BCUT2D eigenvalue weighted by Crippen LogP contribution is 1.97. The van der Waals surface area contributed by atoms with Gasteiger partial charge in [0.15, 0.2) is 5.96 Å². The molecule has 0 fully saturated rings. The predicted molar refractivity (Wildman–Crippen MR) is 98.3 cm³/mol. The van der Waals surface area contributed by atoms with Crippen LogP contribution in [-0.2, 0) is 9.53 Å². The number of thioether (sulfide) groups is 1. The SMILES string of the molecule is CCOC(=O)CCCNC(=NC)NCCCCSC.I. The second-order valence-electron chi connectivity index (χ2n) is 4.03. The number of aliphatic imine (C=N–C) groups is 1. The second-order valence-corrected chi connectivity index (χ2v) is 5.02. The highest BCUT2D eigenvalue weighted by molar-refractivity contribution is 14.0. The fourth-order valence-electron chi connectivity index (χ4n) is 1.47. The molecule has 20 heavy (non-hydrogen) atoms. The van der Waals surface area contributed by atoms with Crippen molar-refractivity contribution in [1.82, 2.24) is 10.6 Å². The molecule has 0 amide bonds. The first-order valence-corrected chi connectivity index (χ1v) is 8.23. The van der Waals surface area contributed by atoms with Gasteiger partial charge in [-0.2, -0.15) is 11.8 Å². The average Bonchev–Trinajstić information content (AvgIpc) is 2.41. The Kier molecular flexibility index (Phi) is 18.7. The molecule has 0 aromatic heterocycles. The van der Waals surface area contributed by atoms with Gasteiger partial charge in [-0.3, -0.25) is 9.79 Å². The number of hydrogen-bond donors (Lipinski definition) is 2. The first-order chi connectivity index (χ1) is 9.24. The molecule has 0 bridgehead atoms. The van der Waals surface area contributed by atoms with Crippen LogP contribution in [0.15, 0.2) is 4.99 Å². The van der Waals surface area contributed by atoms with Gasteiger partial charge in [0.2, 0.25) is 0 Å². The van der Waals surface area contributed by atoms with Crippen LogP contribution in [0.5, 0.6) is 0 Å². The Bertz CT molecular complexity index is 266. The molecule has 120 valence electrons. The molecule has 0 aromatic carbocycles. The number of nitrogens with zero attached hydrogens (tertiary/aromatic N) is 1. The van der Waals surface area contributed by atoms with E-state index in [0.29, 0.717) is 13.0 Å². The van der Waals surface area contributed by atoms with Crippen molar-refractivity contribution in [2.45, 2.75) is 32.6 Å². The molecule has 0 rings (SSSR count). The minimum atomic E-state index is -0.135. The van der Waals surface area contributed by atoms with Crippen molar-refractivity contribution in [2.75, 3.05) is 38.8 Å². The Balaban J connectivity index is 0. The molecule has 7 heteroatoms. The molecule has 0 heterocycles. The number of nitrogens with one attached hydrogen (secondary N) is 2. The van der Waals surface area contributed by atoms with E-state index in [1.165, 1.54) is 12.2 Å². The van der Waals surface area contributed by atoms with Crippen molar-refractivity contribution < 1.29 is 9.53 Å². The maximum Gasteiger partial charge on any atom is 0.305 e.